The molecule has 2 heterocycles. The molecule has 1 saturated heterocycles. The molecule has 5 nitrogen and oxygen atoms in total. The molecule has 106 valence electrons. The number of thiazole rings is 1. The number of benzene rings is 1. The van der Waals surface area contributed by atoms with E-state index in [4.69, 9.17) is 4.74 Å². The normalized spacial score (nSPS) is 18.3. The Balaban J connectivity index is 1.47. The molecule has 3 rings (SSSR count). The van der Waals surface area contributed by atoms with Crippen molar-refractivity contribution in [1.82, 2.24) is 15.6 Å². The minimum atomic E-state index is -0.167. The predicted molar refractivity (Wildman–Crippen MR) is 78.8 cm³/mol. The van der Waals surface area contributed by atoms with Crippen LogP contribution in [0.5, 0.6) is 0 Å². The third-order valence-corrected chi connectivity index (χ3v) is 4.29. The van der Waals surface area contributed by atoms with Gasteiger partial charge in [0, 0.05) is 13.2 Å². The van der Waals surface area contributed by atoms with Gasteiger partial charge in [0.25, 0.3) is 0 Å². The zero-order chi connectivity index (χ0) is 13.8. The lowest BCUT2D eigenvalue weighted by Gasteiger charge is -2.11. The Morgan fingerprint density at radius 3 is 3.10 bits per heavy atom. The highest BCUT2D eigenvalue weighted by molar-refractivity contribution is 7.18. The number of fused-ring (bicyclic) bond motifs is 1. The fraction of sp³-hybridized carbons (Fsp3) is 0.429. The lowest BCUT2D eigenvalue weighted by Crippen LogP contribution is -2.39. The molecular formula is C14H17N3O2S. The first-order chi connectivity index (χ1) is 9.81. The minimum absolute atomic E-state index is 0.167. The van der Waals surface area contributed by atoms with Crippen LogP contribution in [0.3, 0.4) is 0 Å². The Kier molecular flexibility index (Phi) is 4.13. The average molecular weight is 291 g/mol. The Hall–Kier alpha value is -1.66. The second-order valence-corrected chi connectivity index (χ2v) is 5.89. The Bertz CT molecular complexity index is 560. The van der Waals surface area contributed by atoms with Crippen LogP contribution in [-0.4, -0.2) is 30.3 Å². The van der Waals surface area contributed by atoms with Crippen molar-refractivity contribution in [2.24, 2.45) is 0 Å². The molecule has 0 aliphatic carbocycles. The van der Waals surface area contributed by atoms with Gasteiger partial charge >= 0.3 is 6.03 Å². The zero-order valence-electron chi connectivity index (χ0n) is 11.1. The van der Waals surface area contributed by atoms with Crippen LogP contribution in [0.2, 0.25) is 0 Å². The SMILES string of the molecule is O=C(NCc1nc2ccccc2s1)NCC1CCCO1. The van der Waals surface area contributed by atoms with Crippen LogP contribution >= 0.6 is 11.3 Å². The predicted octanol–water partition coefficient (Wildman–Crippen LogP) is 2.27. The van der Waals surface area contributed by atoms with Crippen LogP contribution < -0.4 is 10.6 Å². The lowest BCUT2D eigenvalue weighted by atomic mass is 10.2. The molecule has 1 aliphatic heterocycles. The monoisotopic (exact) mass is 291 g/mol. The number of ether oxygens (including phenoxy) is 1. The number of amides is 2. The number of urea groups is 1. The van der Waals surface area contributed by atoms with Gasteiger partial charge in [-0.3, -0.25) is 0 Å². The average Bonchev–Trinajstić information content (AvgIpc) is 3.11. The molecule has 2 N–H and O–H groups in total. The molecule has 0 radical (unpaired) electrons. The van der Waals surface area contributed by atoms with Crippen LogP contribution in [0.25, 0.3) is 10.2 Å². The van der Waals surface area contributed by atoms with E-state index in [0.717, 1.165) is 34.7 Å². The van der Waals surface area contributed by atoms with Crippen molar-refractivity contribution in [2.45, 2.75) is 25.5 Å². The molecule has 1 aliphatic rings. The summed E-state index contributed by atoms with van der Waals surface area (Å²) in [4.78, 5) is 16.2. The number of hydrogen-bond acceptors (Lipinski definition) is 4. The van der Waals surface area contributed by atoms with Gasteiger partial charge in [-0.1, -0.05) is 12.1 Å². The van der Waals surface area contributed by atoms with Gasteiger partial charge in [0.2, 0.25) is 0 Å². The fourth-order valence-corrected chi connectivity index (χ4v) is 3.13. The maximum atomic E-state index is 11.7. The molecule has 1 atom stereocenters. The van der Waals surface area contributed by atoms with E-state index in [9.17, 15) is 4.79 Å². The molecule has 1 aromatic carbocycles. The number of carbonyl (C=O) groups is 1. The second-order valence-electron chi connectivity index (χ2n) is 4.77. The first-order valence-electron chi connectivity index (χ1n) is 6.79. The molecule has 0 spiro atoms. The quantitative estimate of drug-likeness (QED) is 0.908. The first kappa shape index (κ1) is 13.3. The van der Waals surface area contributed by atoms with Crippen molar-refractivity contribution < 1.29 is 9.53 Å². The number of para-hydroxylation sites is 1. The standard InChI is InChI=1S/C14H17N3O2S/c18-14(15-8-10-4-3-7-19-10)16-9-13-17-11-5-1-2-6-12(11)20-13/h1-2,5-6,10H,3-4,7-9H2,(H2,15,16,18). The summed E-state index contributed by atoms with van der Waals surface area (Å²) in [6.45, 7) is 1.84. The van der Waals surface area contributed by atoms with Crippen LogP contribution in [-0.2, 0) is 11.3 Å². The molecule has 6 heteroatoms. The molecule has 0 saturated carbocycles. The van der Waals surface area contributed by atoms with Crippen LogP contribution in [0.15, 0.2) is 24.3 Å². The van der Waals surface area contributed by atoms with Crippen molar-refractivity contribution in [1.29, 1.82) is 0 Å². The third kappa shape index (κ3) is 3.26. The smallest absolute Gasteiger partial charge is 0.315 e. The number of carbonyl (C=O) groups excluding carboxylic acids is 1. The van der Waals surface area contributed by atoms with E-state index >= 15 is 0 Å². The Labute approximate surface area is 121 Å². The second kappa shape index (κ2) is 6.19. The third-order valence-electron chi connectivity index (χ3n) is 3.25. The Morgan fingerprint density at radius 2 is 2.30 bits per heavy atom. The number of hydrogen-bond donors (Lipinski definition) is 2. The van der Waals surface area contributed by atoms with Crippen molar-refractivity contribution in [3.63, 3.8) is 0 Å². The van der Waals surface area contributed by atoms with Crippen LogP contribution in [0, 0.1) is 0 Å². The summed E-state index contributed by atoms with van der Waals surface area (Å²) in [5.41, 5.74) is 0.981. The largest absolute Gasteiger partial charge is 0.376 e. The summed E-state index contributed by atoms with van der Waals surface area (Å²) in [6.07, 6.45) is 2.28. The fourth-order valence-electron chi connectivity index (χ4n) is 2.23. The van der Waals surface area contributed by atoms with E-state index in [1.807, 2.05) is 24.3 Å². The van der Waals surface area contributed by atoms with E-state index in [1.165, 1.54) is 0 Å². The van der Waals surface area contributed by atoms with Gasteiger partial charge in [0.1, 0.15) is 5.01 Å². The van der Waals surface area contributed by atoms with Crippen molar-refractivity contribution in [3.8, 4) is 0 Å². The molecule has 1 fully saturated rings. The maximum absolute atomic E-state index is 11.7. The first-order valence-corrected chi connectivity index (χ1v) is 7.60. The number of aromatic nitrogens is 1. The summed E-state index contributed by atoms with van der Waals surface area (Å²) >= 11 is 1.60. The number of nitrogens with zero attached hydrogens (tertiary/aromatic N) is 1. The number of rotatable bonds is 4. The Morgan fingerprint density at radius 1 is 1.40 bits per heavy atom. The number of nitrogens with one attached hydrogen (secondary N) is 2. The highest BCUT2D eigenvalue weighted by Gasteiger charge is 2.16. The van der Waals surface area contributed by atoms with Gasteiger partial charge in [0.05, 0.1) is 22.9 Å². The molecule has 0 bridgehead atoms. The summed E-state index contributed by atoms with van der Waals surface area (Å²) in [5, 5.41) is 6.57. The summed E-state index contributed by atoms with van der Waals surface area (Å²) < 4.78 is 6.60. The molecule has 1 aromatic heterocycles. The van der Waals surface area contributed by atoms with Gasteiger partial charge in [-0.2, -0.15) is 0 Å². The zero-order valence-corrected chi connectivity index (χ0v) is 11.9. The van der Waals surface area contributed by atoms with Crippen molar-refractivity contribution >= 4 is 27.6 Å². The molecular weight excluding hydrogens is 274 g/mol. The van der Waals surface area contributed by atoms with Gasteiger partial charge in [-0.25, -0.2) is 9.78 Å². The van der Waals surface area contributed by atoms with Gasteiger partial charge in [-0.05, 0) is 25.0 Å². The summed E-state index contributed by atoms with van der Waals surface area (Å²) in [6, 6.07) is 7.81. The maximum Gasteiger partial charge on any atom is 0.315 e. The van der Waals surface area contributed by atoms with Crippen molar-refractivity contribution in [3.05, 3.63) is 29.3 Å². The molecule has 2 amide bonds. The van der Waals surface area contributed by atoms with E-state index in [2.05, 4.69) is 15.6 Å². The van der Waals surface area contributed by atoms with Gasteiger partial charge in [0.15, 0.2) is 0 Å². The highest BCUT2D eigenvalue weighted by atomic mass is 32.1. The molecule has 20 heavy (non-hydrogen) atoms. The van der Waals surface area contributed by atoms with Crippen LogP contribution in [0.1, 0.15) is 17.8 Å². The molecule has 2 aromatic rings. The van der Waals surface area contributed by atoms with E-state index < -0.39 is 0 Å². The van der Waals surface area contributed by atoms with E-state index in [-0.39, 0.29) is 12.1 Å². The highest BCUT2D eigenvalue weighted by Crippen LogP contribution is 2.21. The summed E-state index contributed by atoms with van der Waals surface area (Å²) in [5.74, 6) is 0. The van der Waals surface area contributed by atoms with E-state index in [0.29, 0.717) is 13.1 Å². The van der Waals surface area contributed by atoms with Gasteiger partial charge < -0.3 is 15.4 Å². The summed E-state index contributed by atoms with van der Waals surface area (Å²) in [7, 11) is 0. The van der Waals surface area contributed by atoms with Crippen LogP contribution in [0.4, 0.5) is 4.79 Å². The molecule has 1 unspecified atom stereocenters. The van der Waals surface area contributed by atoms with E-state index in [1.54, 1.807) is 11.3 Å². The van der Waals surface area contributed by atoms with Gasteiger partial charge in [-0.15, -0.1) is 11.3 Å². The minimum Gasteiger partial charge on any atom is -0.376 e. The lowest BCUT2D eigenvalue weighted by molar-refractivity contribution is 0.111. The van der Waals surface area contributed by atoms with Crippen molar-refractivity contribution in [2.75, 3.05) is 13.2 Å². The topological polar surface area (TPSA) is 63.2 Å².